The maximum atomic E-state index is 6.06. The quantitative estimate of drug-likeness (QED) is 0.722. The van der Waals surface area contributed by atoms with Crippen LogP contribution >= 0.6 is 0 Å². The van der Waals surface area contributed by atoms with Gasteiger partial charge in [-0.15, -0.1) is 0 Å². The highest BCUT2D eigenvalue weighted by Gasteiger charge is 2.21. The Morgan fingerprint density at radius 3 is 2.71 bits per heavy atom. The Kier molecular flexibility index (Phi) is 4.85. The zero-order valence-electron chi connectivity index (χ0n) is 9.70. The van der Waals surface area contributed by atoms with Crippen molar-refractivity contribution < 1.29 is 4.74 Å². The molecule has 14 heavy (non-hydrogen) atoms. The number of hydrogen-bond donors (Lipinski definition) is 1. The van der Waals surface area contributed by atoms with E-state index in [0.717, 1.165) is 32.6 Å². The molecule has 0 saturated carbocycles. The lowest BCUT2D eigenvalue weighted by Crippen LogP contribution is -2.41. The summed E-state index contributed by atoms with van der Waals surface area (Å²) in [6.45, 7) is 7.22. The molecule has 2 unspecified atom stereocenters. The van der Waals surface area contributed by atoms with Crippen LogP contribution in [0.1, 0.15) is 26.7 Å². The summed E-state index contributed by atoms with van der Waals surface area (Å²) in [5.41, 5.74) is 6.06. The lowest BCUT2D eigenvalue weighted by molar-refractivity contribution is 0.154. The second-order valence-corrected chi connectivity index (χ2v) is 4.85. The predicted molar refractivity (Wildman–Crippen MR) is 59.3 cm³/mol. The van der Waals surface area contributed by atoms with Crippen molar-refractivity contribution in [3.05, 3.63) is 0 Å². The summed E-state index contributed by atoms with van der Waals surface area (Å²) in [6.07, 6.45) is 2.27. The van der Waals surface area contributed by atoms with Crippen molar-refractivity contribution in [1.82, 2.24) is 4.90 Å². The summed E-state index contributed by atoms with van der Waals surface area (Å²) in [6, 6.07) is 0.897. The molecule has 0 radical (unpaired) electrons. The molecule has 1 aliphatic rings. The molecular weight excluding hydrogens is 176 g/mol. The van der Waals surface area contributed by atoms with E-state index in [-0.39, 0.29) is 0 Å². The Morgan fingerprint density at radius 2 is 2.21 bits per heavy atom. The Bertz CT molecular complexity index is 155. The minimum absolute atomic E-state index is 0.306. The molecule has 3 nitrogen and oxygen atoms in total. The molecule has 0 amide bonds. The number of likely N-dealkylation sites (N-methyl/N-ethyl adjacent to an activating group) is 1. The average molecular weight is 200 g/mol. The third-order valence-corrected chi connectivity index (χ3v) is 2.83. The van der Waals surface area contributed by atoms with Crippen molar-refractivity contribution in [3.8, 4) is 0 Å². The number of ether oxygens (including phenoxy) is 1. The fraction of sp³-hybridized carbons (Fsp3) is 1.00. The first-order valence-corrected chi connectivity index (χ1v) is 5.63. The van der Waals surface area contributed by atoms with Crippen LogP contribution in [0.5, 0.6) is 0 Å². The minimum atomic E-state index is 0.306. The van der Waals surface area contributed by atoms with Gasteiger partial charge in [0, 0.05) is 25.2 Å². The van der Waals surface area contributed by atoms with Gasteiger partial charge in [0.05, 0.1) is 6.61 Å². The fourth-order valence-corrected chi connectivity index (χ4v) is 2.07. The van der Waals surface area contributed by atoms with Crippen LogP contribution in [0.4, 0.5) is 0 Å². The van der Waals surface area contributed by atoms with E-state index in [0.29, 0.717) is 18.0 Å². The minimum Gasteiger partial charge on any atom is -0.380 e. The van der Waals surface area contributed by atoms with E-state index in [9.17, 15) is 0 Å². The zero-order valence-corrected chi connectivity index (χ0v) is 9.70. The van der Waals surface area contributed by atoms with Gasteiger partial charge >= 0.3 is 0 Å². The maximum absolute atomic E-state index is 6.06. The highest BCUT2D eigenvalue weighted by molar-refractivity contribution is 4.76. The van der Waals surface area contributed by atoms with Gasteiger partial charge in [0.15, 0.2) is 0 Å². The summed E-state index contributed by atoms with van der Waals surface area (Å²) in [5.74, 6) is 0.693. The summed E-state index contributed by atoms with van der Waals surface area (Å²) in [4.78, 5) is 2.35. The molecule has 3 heteroatoms. The highest BCUT2D eigenvalue weighted by atomic mass is 16.5. The van der Waals surface area contributed by atoms with Gasteiger partial charge in [0.1, 0.15) is 0 Å². The first kappa shape index (κ1) is 12.0. The van der Waals surface area contributed by atoms with E-state index in [2.05, 4.69) is 25.8 Å². The Morgan fingerprint density at radius 1 is 1.50 bits per heavy atom. The number of hydrogen-bond acceptors (Lipinski definition) is 3. The molecule has 0 aliphatic carbocycles. The number of nitrogens with two attached hydrogens (primary N) is 1. The third kappa shape index (κ3) is 3.95. The predicted octanol–water partition coefficient (Wildman–Crippen LogP) is 1.08. The van der Waals surface area contributed by atoms with Gasteiger partial charge in [0.25, 0.3) is 0 Å². The molecule has 0 bridgehead atoms. The third-order valence-electron chi connectivity index (χ3n) is 2.83. The van der Waals surface area contributed by atoms with Crippen molar-refractivity contribution in [1.29, 1.82) is 0 Å². The largest absolute Gasteiger partial charge is 0.380 e. The van der Waals surface area contributed by atoms with Crippen molar-refractivity contribution in [2.75, 3.05) is 26.8 Å². The molecule has 0 aromatic heterocycles. The van der Waals surface area contributed by atoms with E-state index in [1.165, 1.54) is 0 Å². The van der Waals surface area contributed by atoms with Crippen LogP contribution in [-0.2, 0) is 4.74 Å². The SMILES string of the molecule is CC(C)CC(N)CN(C)C1CCOC1. The van der Waals surface area contributed by atoms with Gasteiger partial charge in [-0.1, -0.05) is 13.8 Å². The van der Waals surface area contributed by atoms with E-state index < -0.39 is 0 Å². The topological polar surface area (TPSA) is 38.5 Å². The van der Waals surface area contributed by atoms with E-state index in [1.807, 2.05) is 0 Å². The summed E-state index contributed by atoms with van der Waals surface area (Å²) >= 11 is 0. The Hall–Kier alpha value is -0.120. The molecular formula is C11H24N2O. The van der Waals surface area contributed by atoms with Crippen molar-refractivity contribution in [2.45, 2.75) is 38.8 Å². The first-order valence-electron chi connectivity index (χ1n) is 5.63. The van der Waals surface area contributed by atoms with Crippen LogP contribution in [0.15, 0.2) is 0 Å². The summed E-state index contributed by atoms with van der Waals surface area (Å²) in [5, 5.41) is 0. The molecule has 1 fully saturated rings. The first-order chi connectivity index (χ1) is 6.59. The van der Waals surface area contributed by atoms with Gasteiger partial charge in [-0.05, 0) is 25.8 Å². The molecule has 0 aromatic carbocycles. The van der Waals surface area contributed by atoms with Crippen molar-refractivity contribution in [2.24, 2.45) is 11.7 Å². The van der Waals surface area contributed by atoms with E-state index >= 15 is 0 Å². The van der Waals surface area contributed by atoms with Crippen LogP contribution in [-0.4, -0.2) is 43.8 Å². The van der Waals surface area contributed by atoms with Crippen molar-refractivity contribution >= 4 is 0 Å². The van der Waals surface area contributed by atoms with Crippen LogP contribution in [0.25, 0.3) is 0 Å². The fourth-order valence-electron chi connectivity index (χ4n) is 2.07. The normalized spacial score (nSPS) is 24.9. The second-order valence-electron chi connectivity index (χ2n) is 4.85. The van der Waals surface area contributed by atoms with E-state index in [1.54, 1.807) is 0 Å². The lowest BCUT2D eigenvalue weighted by Gasteiger charge is -2.26. The van der Waals surface area contributed by atoms with Gasteiger partial charge in [0.2, 0.25) is 0 Å². The van der Waals surface area contributed by atoms with Crippen LogP contribution in [0.3, 0.4) is 0 Å². The van der Waals surface area contributed by atoms with Crippen LogP contribution in [0.2, 0.25) is 0 Å². The molecule has 1 saturated heterocycles. The average Bonchev–Trinajstić information content (AvgIpc) is 2.53. The molecule has 1 rings (SSSR count). The lowest BCUT2D eigenvalue weighted by atomic mass is 10.0. The van der Waals surface area contributed by atoms with Gasteiger partial charge in [-0.3, -0.25) is 4.90 Å². The molecule has 1 aliphatic heterocycles. The monoisotopic (exact) mass is 200 g/mol. The Balaban J connectivity index is 2.21. The molecule has 2 N–H and O–H groups in total. The standard InChI is InChI=1S/C11H24N2O/c1-9(2)6-10(12)7-13(3)11-4-5-14-8-11/h9-11H,4-8,12H2,1-3H3. The van der Waals surface area contributed by atoms with Gasteiger partial charge in [-0.2, -0.15) is 0 Å². The molecule has 1 heterocycles. The van der Waals surface area contributed by atoms with Gasteiger partial charge < -0.3 is 10.5 Å². The molecule has 0 aromatic rings. The van der Waals surface area contributed by atoms with Crippen molar-refractivity contribution in [3.63, 3.8) is 0 Å². The zero-order chi connectivity index (χ0) is 10.6. The second kappa shape index (κ2) is 5.69. The van der Waals surface area contributed by atoms with E-state index in [4.69, 9.17) is 10.5 Å². The summed E-state index contributed by atoms with van der Waals surface area (Å²) < 4.78 is 5.36. The smallest absolute Gasteiger partial charge is 0.0622 e. The number of nitrogens with zero attached hydrogens (tertiary/aromatic N) is 1. The highest BCUT2D eigenvalue weighted by Crippen LogP contribution is 2.12. The summed E-state index contributed by atoms with van der Waals surface area (Å²) in [7, 11) is 2.15. The number of rotatable bonds is 5. The van der Waals surface area contributed by atoms with Crippen LogP contribution in [0, 0.1) is 5.92 Å². The van der Waals surface area contributed by atoms with Crippen LogP contribution < -0.4 is 5.73 Å². The van der Waals surface area contributed by atoms with Gasteiger partial charge in [-0.25, -0.2) is 0 Å². The molecule has 0 spiro atoms. The molecule has 84 valence electrons. The molecule has 2 atom stereocenters. The Labute approximate surface area is 87.6 Å². The maximum Gasteiger partial charge on any atom is 0.0622 e.